The zero-order valence-electron chi connectivity index (χ0n) is 10.7. The number of Topliss-reactive ketones (excluding diaryl/α,β-unsaturated/α-hetero) is 1. The number of hydrogen-bond acceptors (Lipinski definition) is 2. The van der Waals surface area contributed by atoms with E-state index in [2.05, 4.69) is 0 Å². The fraction of sp³-hybridized carbons (Fsp3) is 0.500. The largest absolute Gasteiger partial charge is 0.330 e. The first-order chi connectivity index (χ1) is 7.95. The van der Waals surface area contributed by atoms with Crippen molar-refractivity contribution in [1.82, 2.24) is 0 Å². The average Bonchev–Trinajstić information content (AvgIpc) is 2.22. The maximum absolute atomic E-state index is 12.1. The standard InChI is InChI=1S/C14H20ClNO/c1-9(2)12(8-16)14(17)7-11-5-4-10(3)6-13(11)15/h4-6,9,12H,7-8,16H2,1-3H3. The fourth-order valence-corrected chi connectivity index (χ4v) is 2.19. The molecule has 0 aliphatic rings. The Morgan fingerprint density at radius 1 is 1.41 bits per heavy atom. The van der Waals surface area contributed by atoms with Crippen molar-refractivity contribution in [3.63, 3.8) is 0 Å². The van der Waals surface area contributed by atoms with Crippen molar-refractivity contribution in [2.45, 2.75) is 27.2 Å². The van der Waals surface area contributed by atoms with Gasteiger partial charge in [-0.25, -0.2) is 0 Å². The molecule has 1 unspecified atom stereocenters. The molecule has 0 saturated heterocycles. The monoisotopic (exact) mass is 253 g/mol. The van der Waals surface area contributed by atoms with Crippen LogP contribution in [0.1, 0.15) is 25.0 Å². The molecule has 3 heteroatoms. The van der Waals surface area contributed by atoms with Crippen molar-refractivity contribution in [3.05, 3.63) is 34.3 Å². The molecule has 2 nitrogen and oxygen atoms in total. The predicted molar refractivity (Wildman–Crippen MR) is 72.3 cm³/mol. The van der Waals surface area contributed by atoms with Gasteiger partial charge < -0.3 is 5.73 Å². The van der Waals surface area contributed by atoms with E-state index in [1.54, 1.807) is 0 Å². The molecule has 0 fully saturated rings. The third-order valence-corrected chi connectivity index (χ3v) is 3.40. The predicted octanol–water partition coefficient (Wildman–Crippen LogP) is 2.99. The maximum atomic E-state index is 12.1. The molecule has 0 radical (unpaired) electrons. The van der Waals surface area contributed by atoms with Gasteiger partial charge in [-0.05, 0) is 30.0 Å². The Bertz CT molecular complexity index is 401. The van der Waals surface area contributed by atoms with Crippen LogP contribution in [-0.2, 0) is 11.2 Å². The molecule has 1 atom stereocenters. The van der Waals surface area contributed by atoms with Crippen LogP contribution in [-0.4, -0.2) is 12.3 Å². The minimum absolute atomic E-state index is 0.0765. The number of nitrogens with two attached hydrogens (primary N) is 1. The van der Waals surface area contributed by atoms with Gasteiger partial charge in [0, 0.05) is 23.9 Å². The minimum Gasteiger partial charge on any atom is -0.330 e. The lowest BCUT2D eigenvalue weighted by molar-refractivity contribution is -0.123. The SMILES string of the molecule is Cc1ccc(CC(=O)C(CN)C(C)C)c(Cl)c1. The molecular formula is C14H20ClNO. The topological polar surface area (TPSA) is 43.1 Å². The van der Waals surface area contributed by atoms with E-state index in [1.807, 2.05) is 39.0 Å². The molecule has 0 bridgehead atoms. The van der Waals surface area contributed by atoms with Crippen molar-refractivity contribution in [3.8, 4) is 0 Å². The van der Waals surface area contributed by atoms with E-state index in [0.717, 1.165) is 11.1 Å². The lowest BCUT2D eigenvalue weighted by atomic mass is 9.88. The Balaban J connectivity index is 2.80. The van der Waals surface area contributed by atoms with Gasteiger partial charge in [0.05, 0.1) is 0 Å². The second-order valence-electron chi connectivity index (χ2n) is 4.82. The third kappa shape index (κ3) is 3.83. The summed E-state index contributed by atoms with van der Waals surface area (Å²) in [6.07, 6.45) is 0.374. The zero-order chi connectivity index (χ0) is 13.0. The number of carbonyl (C=O) groups is 1. The first kappa shape index (κ1) is 14.2. The van der Waals surface area contributed by atoms with E-state index in [9.17, 15) is 4.79 Å². The van der Waals surface area contributed by atoms with Gasteiger partial charge in [-0.1, -0.05) is 37.6 Å². The molecule has 0 spiro atoms. The van der Waals surface area contributed by atoms with Gasteiger partial charge >= 0.3 is 0 Å². The van der Waals surface area contributed by atoms with Crippen molar-refractivity contribution in [2.24, 2.45) is 17.6 Å². The van der Waals surface area contributed by atoms with Crippen molar-refractivity contribution >= 4 is 17.4 Å². The van der Waals surface area contributed by atoms with Crippen LogP contribution in [0.3, 0.4) is 0 Å². The molecule has 0 aliphatic carbocycles. The summed E-state index contributed by atoms with van der Waals surface area (Å²) in [6, 6.07) is 5.78. The number of ketones is 1. The molecule has 1 aromatic carbocycles. The van der Waals surface area contributed by atoms with Crippen molar-refractivity contribution in [2.75, 3.05) is 6.54 Å². The van der Waals surface area contributed by atoms with Gasteiger partial charge in [-0.2, -0.15) is 0 Å². The lowest BCUT2D eigenvalue weighted by Gasteiger charge is -2.17. The first-order valence-electron chi connectivity index (χ1n) is 5.93. The Kier molecular flexibility index (Phi) is 5.16. The number of rotatable bonds is 5. The Morgan fingerprint density at radius 2 is 2.06 bits per heavy atom. The van der Waals surface area contributed by atoms with Crippen LogP contribution in [0, 0.1) is 18.8 Å². The molecule has 0 saturated carbocycles. The third-order valence-electron chi connectivity index (χ3n) is 3.05. The van der Waals surface area contributed by atoms with Gasteiger partial charge in [0.1, 0.15) is 5.78 Å². The number of hydrogen-bond donors (Lipinski definition) is 1. The summed E-state index contributed by atoms with van der Waals surface area (Å²) in [6.45, 7) is 6.42. The molecule has 2 N–H and O–H groups in total. The van der Waals surface area contributed by atoms with Crippen LogP contribution in [0.25, 0.3) is 0 Å². The summed E-state index contributed by atoms with van der Waals surface area (Å²) in [4.78, 5) is 12.1. The average molecular weight is 254 g/mol. The second kappa shape index (κ2) is 6.18. The van der Waals surface area contributed by atoms with Crippen LogP contribution < -0.4 is 5.73 Å². The van der Waals surface area contributed by atoms with E-state index in [-0.39, 0.29) is 17.6 Å². The minimum atomic E-state index is -0.0765. The van der Waals surface area contributed by atoms with Gasteiger partial charge in [0.25, 0.3) is 0 Å². The lowest BCUT2D eigenvalue weighted by Crippen LogP contribution is -2.29. The Morgan fingerprint density at radius 3 is 2.53 bits per heavy atom. The molecule has 17 heavy (non-hydrogen) atoms. The molecule has 0 amide bonds. The van der Waals surface area contributed by atoms with E-state index < -0.39 is 0 Å². The number of aryl methyl sites for hydroxylation is 1. The highest BCUT2D eigenvalue weighted by atomic mass is 35.5. The van der Waals surface area contributed by atoms with E-state index in [0.29, 0.717) is 18.0 Å². The molecule has 0 aliphatic heterocycles. The summed E-state index contributed by atoms with van der Waals surface area (Å²) in [7, 11) is 0. The van der Waals surface area contributed by atoms with Gasteiger partial charge in [0.15, 0.2) is 0 Å². The van der Waals surface area contributed by atoms with E-state index in [4.69, 9.17) is 17.3 Å². The number of halogens is 1. The van der Waals surface area contributed by atoms with E-state index >= 15 is 0 Å². The van der Waals surface area contributed by atoms with Gasteiger partial charge in [0.2, 0.25) is 0 Å². The zero-order valence-corrected chi connectivity index (χ0v) is 11.4. The molecular weight excluding hydrogens is 234 g/mol. The molecule has 1 rings (SSSR count). The number of benzene rings is 1. The molecule has 1 aromatic rings. The first-order valence-corrected chi connectivity index (χ1v) is 6.31. The highest BCUT2D eigenvalue weighted by molar-refractivity contribution is 6.31. The highest BCUT2D eigenvalue weighted by Gasteiger charge is 2.21. The van der Waals surface area contributed by atoms with E-state index in [1.165, 1.54) is 0 Å². The molecule has 0 aromatic heterocycles. The van der Waals surface area contributed by atoms with Crippen molar-refractivity contribution in [1.29, 1.82) is 0 Å². The van der Waals surface area contributed by atoms with Crippen LogP contribution in [0.4, 0.5) is 0 Å². The fourth-order valence-electron chi connectivity index (χ4n) is 1.89. The smallest absolute Gasteiger partial charge is 0.141 e. The van der Waals surface area contributed by atoms with Crippen LogP contribution in [0.15, 0.2) is 18.2 Å². The van der Waals surface area contributed by atoms with Crippen LogP contribution >= 0.6 is 11.6 Å². The summed E-state index contributed by atoms with van der Waals surface area (Å²) >= 11 is 6.12. The highest BCUT2D eigenvalue weighted by Crippen LogP contribution is 2.21. The maximum Gasteiger partial charge on any atom is 0.141 e. The summed E-state index contributed by atoms with van der Waals surface area (Å²) < 4.78 is 0. The normalized spacial score (nSPS) is 12.8. The Labute approximate surface area is 108 Å². The quantitative estimate of drug-likeness (QED) is 0.877. The van der Waals surface area contributed by atoms with Gasteiger partial charge in [-0.15, -0.1) is 0 Å². The summed E-state index contributed by atoms with van der Waals surface area (Å²) in [5, 5.41) is 0.665. The Hall–Kier alpha value is -0.860. The van der Waals surface area contributed by atoms with Crippen LogP contribution in [0.2, 0.25) is 5.02 Å². The second-order valence-corrected chi connectivity index (χ2v) is 5.23. The van der Waals surface area contributed by atoms with Gasteiger partial charge in [-0.3, -0.25) is 4.79 Å². The number of carbonyl (C=O) groups excluding carboxylic acids is 1. The molecule has 0 heterocycles. The molecule has 94 valence electrons. The van der Waals surface area contributed by atoms with Crippen LogP contribution in [0.5, 0.6) is 0 Å². The summed E-state index contributed by atoms with van der Waals surface area (Å²) in [5.41, 5.74) is 7.63. The van der Waals surface area contributed by atoms with Crippen molar-refractivity contribution < 1.29 is 4.79 Å². The summed E-state index contributed by atoms with van der Waals surface area (Å²) in [5.74, 6) is 0.373.